The maximum Gasteiger partial charge on any atom is 0.0516 e. The third-order valence-electron chi connectivity index (χ3n) is 3.73. The second-order valence-electron chi connectivity index (χ2n) is 5.67. The summed E-state index contributed by atoms with van der Waals surface area (Å²) in [6, 6.07) is 4.56. The molecule has 3 heteroatoms. The summed E-state index contributed by atoms with van der Waals surface area (Å²) in [7, 11) is 4.25. The van der Waals surface area contributed by atoms with Crippen LogP contribution in [0.3, 0.4) is 0 Å². The summed E-state index contributed by atoms with van der Waals surface area (Å²) in [4.78, 5) is 6.69. The van der Waals surface area contributed by atoms with Crippen molar-refractivity contribution in [3.05, 3.63) is 29.6 Å². The minimum Gasteiger partial charge on any atom is -0.308 e. The van der Waals surface area contributed by atoms with Crippen LogP contribution < -0.4 is 5.32 Å². The molecule has 1 rings (SSSR count). The lowest BCUT2D eigenvalue weighted by atomic mass is 9.88. The topological polar surface area (TPSA) is 28.2 Å². The van der Waals surface area contributed by atoms with Gasteiger partial charge in [0, 0.05) is 17.4 Å². The minimum absolute atomic E-state index is 0.0477. The van der Waals surface area contributed by atoms with Gasteiger partial charge in [0.1, 0.15) is 0 Å². The molecule has 1 aromatic heterocycles. The Hall–Kier alpha value is -0.930. The van der Waals surface area contributed by atoms with Crippen LogP contribution in [0, 0.1) is 6.92 Å². The zero-order valence-electron chi connectivity index (χ0n) is 12.6. The number of likely N-dealkylation sites (N-methyl/N-ethyl adjacent to an activating group) is 1. The highest BCUT2D eigenvalue weighted by Gasteiger charge is 2.32. The zero-order chi connectivity index (χ0) is 13.8. The average molecular weight is 249 g/mol. The zero-order valence-corrected chi connectivity index (χ0v) is 12.6. The van der Waals surface area contributed by atoms with Gasteiger partial charge in [0.25, 0.3) is 0 Å². The van der Waals surface area contributed by atoms with E-state index in [-0.39, 0.29) is 5.54 Å². The molecule has 0 bridgehead atoms. The monoisotopic (exact) mass is 249 g/mol. The van der Waals surface area contributed by atoms with Crippen molar-refractivity contribution in [2.45, 2.75) is 45.7 Å². The third-order valence-corrected chi connectivity index (χ3v) is 3.73. The van der Waals surface area contributed by atoms with Gasteiger partial charge in [0.15, 0.2) is 0 Å². The van der Waals surface area contributed by atoms with E-state index in [9.17, 15) is 0 Å². The van der Waals surface area contributed by atoms with Gasteiger partial charge in [-0.25, -0.2) is 0 Å². The fourth-order valence-corrected chi connectivity index (χ4v) is 1.97. The van der Waals surface area contributed by atoms with Crippen LogP contribution in [0.25, 0.3) is 0 Å². The number of aryl methyl sites for hydroxylation is 1. The molecule has 0 amide bonds. The van der Waals surface area contributed by atoms with Gasteiger partial charge in [0.2, 0.25) is 0 Å². The van der Waals surface area contributed by atoms with Gasteiger partial charge in [-0.2, -0.15) is 0 Å². The molecule has 1 atom stereocenters. The lowest BCUT2D eigenvalue weighted by Gasteiger charge is -2.41. The molecule has 0 aliphatic carbocycles. The highest BCUT2D eigenvalue weighted by molar-refractivity contribution is 5.21. The molecule has 0 aromatic carbocycles. The highest BCUT2D eigenvalue weighted by Crippen LogP contribution is 2.29. The molecule has 1 heterocycles. The lowest BCUT2D eigenvalue weighted by molar-refractivity contribution is 0.138. The Morgan fingerprint density at radius 1 is 1.33 bits per heavy atom. The number of hydrogen-bond acceptors (Lipinski definition) is 3. The molecule has 0 aliphatic heterocycles. The summed E-state index contributed by atoms with van der Waals surface area (Å²) in [5, 5.41) is 3.65. The smallest absolute Gasteiger partial charge is 0.0516 e. The van der Waals surface area contributed by atoms with Gasteiger partial charge in [0.05, 0.1) is 6.04 Å². The minimum atomic E-state index is 0.0477. The van der Waals surface area contributed by atoms with Crippen LogP contribution in [0.15, 0.2) is 18.3 Å². The van der Waals surface area contributed by atoms with Crippen molar-refractivity contribution in [1.82, 2.24) is 15.2 Å². The summed E-state index contributed by atoms with van der Waals surface area (Å²) in [5.41, 5.74) is 2.37. The fraction of sp³-hybridized carbons (Fsp3) is 0.667. The molecular weight excluding hydrogens is 222 g/mol. The number of nitrogens with zero attached hydrogens (tertiary/aromatic N) is 2. The number of rotatable bonds is 6. The number of nitrogens with one attached hydrogen (secondary N) is 1. The molecule has 0 spiro atoms. The maximum absolute atomic E-state index is 4.42. The van der Waals surface area contributed by atoms with Gasteiger partial charge >= 0.3 is 0 Å². The predicted molar refractivity (Wildman–Crippen MR) is 77.8 cm³/mol. The van der Waals surface area contributed by atoms with Crippen LogP contribution in [0.5, 0.6) is 0 Å². The van der Waals surface area contributed by atoms with E-state index in [1.807, 2.05) is 13.1 Å². The van der Waals surface area contributed by atoms with Gasteiger partial charge in [-0.15, -0.1) is 0 Å². The molecule has 0 aliphatic rings. The van der Waals surface area contributed by atoms with Gasteiger partial charge < -0.3 is 10.2 Å². The van der Waals surface area contributed by atoms with Crippen molar-refractivity contribution in [2.24, 2.45) is 0 Å². The summed E-state index contributed by atoms with van der Waals surface area (Å²) >= 11 is 0. The second-order valence-corrected chi connectivity index (χ2v) is 5.67. The van der Waals surface area contributed by atoms with Crippen molar-refractivity contribution in [1.29, 1.82) is 0 Å². The molecule has 18 heavy (non-hydrogen) atoms. The first-order chi connectivity index (χ1) is 8.39. The van der Waals surface area contributed by atoms with Crippen LogP contribution in [0.4, 0.5) is 0 Å². The maximum atomic E-state index is 4.42. The van der Waals surface area contributed by atoms with E-state index in [1.54, 1.807) is 0 Å². The molecular formula is C15H27N3. The second kappa shape index (κ2) is 6.30. The van der Waals surface area contributed by atoms with Crippen LogP contribution in [0.2, 0.25) is 0 Å². The Morgan fingerprint density at radius 2 is 2.00 bits per heavy atom. The van der Waals surface area contributed by atoms with E-state index in [4.69, 9.17) is 0 Å². The summed E-state index contributed by atoms with van der Waals surface area (Å²) < 4.78 is 0. The standard InChI is InChI=1S/C15H27N3/c1-7-10-16-14(15(3,4)18(5)6)13-9-8-12(2)17-11-13/h8-9,11,14,16H,7,10H2,1-6H3. The molecule has 0 fully saturated rings. The third kappa shape index (κ3) is 3.53. The van der Waals surface area contributed by atoms with Gasteiger partial charge in [-0.3, -0.25) is 4.98 Å². The Morgan fingerprint density at radius 3 is 2.44 bits per heavy atom. The van der Waals surface area contributed by atoms with Crippen LogP contribution >= 0.6 is 0 Å². The van der Waals surface area contributed by atoms with Crippen LogP contribution in [-0.2, 0) is 0 Å². The largest absolute Gasteiger partial charge is 0.308 e. The summed E-state index contributed by atoms with van der Waals surface area (Å²) in [6.07, 6.45) is 3.13. The number of aromatic nitrogens is 1. The highest BCUT2D eigenvalue weighted by atomic mass is 15.2. The van der Waals surface area contributed by atoms with Crippen molar-refractivity contribution in [3.63, 3.8) is 0 Å². The van der Waals surface area contributed by atoms with Gasteiger partial charge in [-0.1, -0.05) is 13.0 Å². The Labute approximate surface area is 112 Å². The fourth-order valence-electron chi connectivity index (χ4n) is 1.97. The Bertz CT molecular complexity index is 355. The molecule has 102 valence electrons. The molecule has 1 aromatic rings. The first-order valence-corrected chi connectivity index (χ1v) is 6.73. The number of hydrogen-bond donors (Lipinski definition) is 1. The van der Waals surface area contributed by atoms with Crippen LogP contribution in [-0.4, -0.2) is 36.1 Å². The molecule has 1 N–H and O–H groups in total. The first kappa shape index (κ1) is 15.1. The van der Waals surface area contributed by atoms with E-state index < -0.39 is 0 Å². The molecule has 3 nitrogen and oxygen atoms in total. The lowest BCUT2D eigenvalue weighted by Crippen LogP contribution is -2.49. The van der Waals surface area contributed by atoms with E-state index in [0.29, 0.717) is 6.04 Å². The molecule has 0 saturated carbocycles. The van der Waals surface area contributed by atoms with E-state index >= 15 is 0 Å². The summed E-state index contributed by atoms with van der Waals surface area (Å²) in [5.74, 6) is 0. The van der Waals surface area contributed by atoms with Crippen molar-refractivity contribution in [3.8, 4) is 0 Å². The normalized spacial score (nSPS) is 13.9. The SMILES string of the molecule is CCCNC(c1ccc(C)nc1)C(C)(C)N(C)C. The predicted octanol–water partition coefficient (Wildman–Crippen LogP) is 2.77. The Kier molecular flexibility index (Phi) is 5.29. The Balaban J connectivity index is 3.01. The van der Waals surface area contributed by atoms with Crippen LogP contribution in [0.1, 0.15) is 44.5 Å². The molecule has 0 saturated heterocycles. The van der Waals surface area contributed by atoms with Crippen molar-refractivity contribution < 1.29 is 0 Å². The van der Waals surface area contributed by atoms with Crippen molar-refractivity contribution in [2.75, 3.05) is 20.6 Å². The molecule has 1 unspecified atom stereocenters. The summed E-state index contributed by atoms with van der Waals surface area (Å²) in [6.45, 7) is 9.77. The first-order valence-electron chi connectivity index (χ1n) is 6.73. The van der Waals surface area contributed by atoms with E-state index in [1.165, 1.54) is 5.56 Å². The van der Waals surface area contributed by atoms with E-state index in [0.717, 1.165) is 18.7 Å². The quantitative estimate of drug-likeness (QED) is 0.840. The van der Waals surface area contributed by atoms with Crippen molar-refractivity contribution >= 4 is 0 Å². The number of pyridine rings is 1. The van der Waals surface area contributed by atoms with Gasteiger partial charge in [-0.05, 0) is 59.5 Å². The molecule has 0 radical (unpaired) electrons. The van der Waals surface area contributed by atoms with E-state index in [2.05, 4.69) is 62.2 Å². The average Bonchev–Trinajstić information content (AvgIpc) is 2.31.